The summed E-state index contributed by atoms with van der Waals surface area (Å²) in [5.74, 6) is -0.777. The number of benzene rings is 1. The van der Waals surface area contributed by atoms with Crippen molar-refractivity contribution in [2.45, 2.75) is 91.3 Å². The largest absolute Gasteiger partial charge is 0.437 e. The zero-order valence-electron chi connectivity index (χ0n) is 23.7. The minimum atomic E-state index is -6.35. The van der Waals surface area contributed by atoms with Crippen molar-refractivity contribution in [2.24, 2.45) is 0 Å². The smallest absolute Gasteiger partial charge is 0.389 e. The molecule has 44 heavy (non-hydrogen) atoms. The summed E-state index contributed by atoms with van der Waals surface area (Å²) in [6.45, 7) is 2.91. The number of amides is 2. The third kappa shape index (κ3) is 5.09. The molecule has 240 valence electrons. The Bertz CT molecular complexity index is 1460. The van der Waals surface area contributed by atoms with Gasteiger partial charge in [0.1, 0.15) is 6.04 Å². The molecule has 3 heterocycles. The third-order valence-corrected chi connectivity index (χ3v) is 10.7. The fourth-order valence-electron chi connectivity index (χ4n) is 6.69. The second kappa shape index (κ2) is 10.8. The number of aryl methyl sites for hydroxylation is 1. The molecule has 2 aliphatic heterocycles. The predicted molar refractivity (Wildman–Crippen MR) is 143 cm³/mol. The lowest BCUT2D eigenvalue weighted by Gasteiger charge is -2.43. The van der Waals surface area contributed by atoms with Gasteiger partial charge in [-0.2, -0.15) is 26.3 Å². The maximum absolute atomic E-state index is 14.9. The Balaban J connectivity index is 1.60. The molecule has 2 amide bonds. The van der Waals surface area contributed by atoms with E-state index in [1.54, 1.807) is 30.3 Å². The lowest BCUT2D eigenvalue weighted by atomic mass is 9.80. The van der Waals surface area contributed by atoms with Crippen LogP contribution in [0, 0.1) is 0 Å². The Morgan fingerprint density at radius 1 is 1.00 bits per heavy atom. The van der Waals surface area contributed by atoms with Crippen LogP contribution >= 0.6 is 0 Å². The van der Waals surface area contributed by atoms with Gasteiger partial charge in [-0.3, -0.25) is 18.8 Å². The van der Waals surface area contributed by atoms with Gasteiger partial charge in [0, 0.05) is 30.1 Å². The monoisotopic (exact) mass is 649 g/mol. The maximum atomic E-state index is 14.9. The van der Waals surface area contributed by atoms with Crippen molar-refractivity contribution >= 4 is 22.6 Å². The number of aliphatic hydroxyl groups is 1. The number of rotatable bonds is 6. The van der Waals surface area contributed by atoms with Crippen molar-refractivity contribution in [1.82, 2.24) is 14.8 Å². The molecule has 2 fully saturated rings. The van der Waals surface area contributed by atoms with E-state index in [1.807, 2.05) is 0 Å². The van der Waals surface area contributed by atoms with Crippen LogP contribution in [0.3, 0.4) is 0 Å². The number of likely N-dealkylation sites (tertiary alicyclic amines) is 2. The normalized spacial score (nSPS) is 25.2. The lowest BCUT2D eigenvalue weighted by molar-refractivity contribution is -0.350. The van der Waals surface area contributed by atoms with E-state index in [2.05, 4.69) is 4.98 Å². The first-order valence-electron chi connectivity index (χ1n) is 14.0. The summed E-state index contributed by atoms with van der Waals surface area (Å²) < 4.78 is 109. The third-order valence-electron chi connectivity index (χ3n) is 8.60. The van der Waals surface area contributed by atoms with Crippen LogP contribution in [-0.4, -0.2) is 79.0 Å². The molecule has 5 rings (SSSR count). The Morgan fingerprint density at radius 3 is 2.23 bits per heavy atom. The molecule has 2 aromatic rings. The highest BCUT2D eigenvalue weighted by atomic mass is 32.2. The Kier molecular flexibility index (Phi) is 7.92. The van der Waals surface area contributed by atoms with Gasteiger partial charge in [0.25, 0.3) is 0 Å². The first-order chi connectivity index (χ1) is 20.3. The van der Waals surface area contributed by atoms with Crippen molar-refractivity contribution in [1.29, 1.82) is 0 Å². The summed E-state index contributed by atoms with van der Waals surface area (Å²) >= 11 is 0. The van der Waals surface area contributed by atoms with Crippen LogP contribution in [0.15, 0.2) is 47.4 Å². The predicted octanol–water partition coefficient (Wildman–Crippen LogP) is 4.68. The maximum Gasteiger partial charge on any atom is 0.437 e. The minimum absolute atomic E-state index is 0.0183. The molecule has 1 aromatic heterocycles. The second-order valence-corrected chi connectivity index (χ2v) is 13.8. The highest BCUT2D eigenvalue weighted by Crippen LogP contribution is 2.55. The van der Waals surface area contributed by atoms with Gasteiger partial charge in [0.2, 0.25) is 11.8 Å². The molecular weight excluding hydrogens is 619 g/mol. The number of aromatic nitrogens is 1. The zero-order chi connectivity index (χ0) is 32.5. The average Bonchev–Trinajstić information content (AvgIpc) is 3.51. The first kappa shape index (κ1) is 32.3. The van der Waals surface area contributed by atoms with Crippen molar-refractivity contribution in [2.75, 3.05) is 13.1 Å². The number of carbonyl (C=O) groups excluding carboxylic acids is 2. The molecule has 15 heteroatoms. The van der Waals surface area contributed by atoms with Crippen LogP contribution in [0.2, 0.25) is 0 Å². The number of carbonyl (C=O) groups is 2. The highest BCUT2D eigenvalue weighted by Gasteiger charge is 2.75. The zero-order valence-corrected chi connectivity index (χ0v) is 24.5. The summed E-state index contributed by atoms with van der Waals surface area (Å²) in [7, 11) is -1.98. The van der Waals surface area contributed by atoms with Gasteiger partial charge in [0.05, 0.1) is 32.9 Å². The number of halogens is 7. The van der Waals surface area contributed by atoms with E-state index in [9.17, 15) is 49.6 Å². The topological polar surface area (TPSA) is 90.8 Å². The van der Waals surface area contributed by atoms with Gasteiger partial charge in [-0.1, -0.05) is 24.3 Å². The van der Waals surface area contributed by atoms with E-state index in [1.165, 1.54) is 23.6 Å². The van der Waals surface area contributed by atoms with Gasteiger partial charge in [-0.05, 0) is 63.3 Å². The molecule has 0 spiro atoms. The van der Waals surface area contributed by atoms with E-state index in [-0.39, 0.29) is 62.4 Å². The van der Waals surface area contributed by atoms with Crippen LogP contribution < -0.4 is 0 Å². The van der Waals surface area contributed by atoms with E-state index >= 15 is 0 Å². The number of hydrogen-bond acceptors (Lipinski definition) is 5. The summed E-state index contributed by atoms with van der Waals surface area (Å²) in [5.41, 5.74) is -9.07. The summed E-state index contributed by atoms with van der Waals surface area (Å²) in [6.07, 6.45) is -12.7. The number of hydrogen-bond donors (Lipinski definition) is 1. The molecular formula is C29H30F7N3O4S. The molecule has 0 saturated carbocycles. The van der Waals surface area contributed by atoms with E-state index in [4.69, 9.17) is 0 Å². The van der Waals surface area contributed by atoms with Crippen LogP contribution in [-0.2, 0) is 37.2 Å². The molecule has 2 saturated heterocycles. The van der Waals surface area contributed by atoms with Gasteiger partial charge >= 0.3 is 18.0 Å². The number of β-amino-alcohol motifs (C(OH)–C–C–N with tert-alkyl or cyclic N) is 1. The number of fused-ring (bicyclic) bond motifs is 3. The van der Waals surface area contributed by atoms with Gasteiger partial charge in [-0.15, -0.1) is 0 Å². The molecule has 1 N–H and O–H groups in total. The summed E-state index contributed by atoms with van der Waals surface area (Å²) in [6, 6.07) is 7.54. The Labute approximate surface area is 250 Å². The van der Waals surface area contributed by atoms with E-state index in [0.717, 1.165) is 6.07 Å². The number of pyridine rings is 1. The van der Waals surface area contributed by atoms with Crippen LogP contribution in [0.25, 0.3) is 0 Å². The van der Waals surface area contributed by atoms with Crippen molar-refractivity contribution in [3.05, 3.63) is 59.4 Å². The standard InChI is InChI=1S/C29H30F7N3O4S/c1-25(2,42)16-39-20(10-13-23(39)40)24(41)38-15-14-26(44(43)17-6-4-3-5-7-17)18-8-11-21(37-19(18)9-12-22(26)38)27(30,28(31,32)33)29(34,35)36/h3-8,11,20,22,42H,9-10,12-16H2,1-2H3. The number of alkyl halides is 7. The van der Waals surface area contributed by atoms with Crippen LogP contribution in [0.5, 0.6) is 0 Å². The SMILES string of the molecule is CC(C)(O)CN1C(=O)CCC1C(=O)N1CCC2(S(=O)c3ccccc3)c3ccc(C(F)(C(F)(F)F)C(F)(F)F)nc3CCC12. The highest BCUT2D eigenvalue weighted by molar-refractivity contribution is 7.86. The molecule has 0 radical (unpaired) electrons. The molecule has 1 aliphatic carbocycles. The molecule has 4 unspecified atom stereocenters. The summed E-state index contributed by atoms with van der Waals surface area (Å²) in [5, 5.41) is 10.3. The molecule has 3 aliphatic rings. The summed E-state index contributed by atoms with van der Waals surface area (Å²) in [4.78, 5) is 33.3. The molecule has 7 nitrogen and oxygen atoms in total. The van der Waals surface area contributed by atoms with Crippen LogP contribution in [0.4, 0.5) is 30.7 Å². The van der Waals surface area contributed by atoms with Crippen LogP contribution in [0.1, 0.15) is 56.5 Å². The average molecular weight is 650 g/mol. The second-order valence-electron chi connectivity index (χ2n) is 12.0. The quantitative estimate of drug-likeness (QED) is 0.459. The molecule has 1 aromatic carbocycles. The first-order valence-corrected chi connectivity index (χ1v) is 15.1. The lowest BCUT2D eigenvalue weighted by Crippen LogP contribution is -2.56. The fraction of sp³-hybridized carbons (Fsp3) is 0.552. The van der Waals surface area contributed by atoms with Gasteiger partial charge in [-0.25, -0.2) is 4.39 Å². The molecule has 0 bridgehead atoms. The van der Waals surface area contributed by atoms with Crippen molar-refractivity contribution in [3.63, 3.8) is 0 Å². The van der Waals surface area contributed by atoms with Crippen molar-refractivity contribution in [3.8, 4) is 0 Å². The van der Waals surface area contributed by atoms with Gasteiger partial charge in [0.15, 0.2) is 0 Å². The minimum Gasteiger partial charge on any atom is -0.389 e. The molecule has 4 atom stereocenters. The fourth-order valence-corrected chi connectivity index (χ4v) is 8.67. The van der Waals surface area contributed by atoms with E-state index in [0.29, 0.717) is 11.0 Å². The Hall–Kier alpha value is -3.07. The Morgan fingerprint density at radius 2 is 1.64 bits per heavy atom. The van der Waals surface area contributed by atoms with Gasteiger partial charge < -0.3 is 14.9 Å². The number of nitrogens with zero attached hydrogens (tertiary/aromatic N) is 3. The van der Waals surface area contributed by atoms with Crippen molar-refractivity contribution < 1.29 is 49.6 Å². The van der Waals surface area contributed by atoms with E-state index < -0.39 is 62.9 Å².